The summed E-state index contributed by atoms with van der Waals surface area (Å²) < 4.78 is 0. The summed E-state index contributed by atoms with van der Waals surface area (Å²) in [4.78, 5) is 0. The zero-order valence-electron chi connectivity index (χ0n) is 11.6. The third-order valence-corrected chi connectivity index (χ3v) is 3.17. The number of benzene rings is 2. The van der Waals surface area contributed by atoms with Gasteiger partial charge in [0.05, 0.1) is 0 Å². The molecule has 19 heavy (non-hydrogen) atoms. The highest BCUT2D eigenvalue weighted by Crippen LogP contribution is 2.14. The molecule has 1 radical (unpaired) electrons. The molecular weight excluding hydrogens is 227 g/mol. The van der Waals surface area contributed by atoms with E-state index in [0.717, 1.165) is 11.1 Å². The molecule has 0 unspecified atom stereocenters. The summed E-state index contributed by atoms with van der Waals surface area (Å²) in [5, 5.41) is 0. The summed E-state index contributed by atoms with van der Waals surface area (Å²) in [5.41, 5.74) is 5.91. The molecule has 2 rings (SSSR count). The lowest BCUT2D eigenvalue weighted by Gasteiger charge is -2.02. The molecule has 1 heteroatoms. The maximum atomic E-state index is 4.12. The molecule has 0 heterocycles. The highest BCUT2D eigenvalue weighted by molar-refractivity contribution is 6.51. The van der Waals surface area contributed by atoms with Gasteiger partial charge in [-0.15, -0.1) is 0 Å². The fourth-order valence-electron chi connectivity index (χ4n) is 1.86. The Morgan fingerprint density at radius 2 is 1.63 bits per heavy atom. The Morgan fingerprint density at radius 1 is 1.00 bits per heavy atom. The summed E-state index contributed by atoms with van der Waals surface area (Å²) in [7, 11) is 2.09. The fourth-order valence-corrected chi connectivity index (χ4v) is 1.86. The van der Waals surface area contributed by atoms with E-state index in [1.165, 1.54) is 16.6 Å². The van der Waals surface area contributed by atoms with Gasteiger partial charge in [0.25, 0.3) is 0 Å². The lowest BCUT2D eigenvalue weighted by Crippen LogP contribution is -2.08. The largest absolute Gasteiger partial charge is 0.148 e. The lowest BCUT2D eigenvalue weighted by atomic mass is 9.73. The zero-order valence-corrected chi connectivity index (χ0v) is 11.6. The SMILES string of the molecule is C=C(/C=C/c1ccc(C)cc1)c1ccc([B]C)cc1. The van der Waals surface area contributed by atoms with Crippen molar-refractivity contribution in [3.8, 4) is 0 Å². The van der Waals surface area contributed by atoms with Crippen molar-refractivity contribution in [2.75, 3.05) is 0 Å². The van der Waals surface area contributed by atoms with Crippen molar-refractivity contribution >= 4 is 24.4 Å². The monoisotopic (exact) mass is 245 g/mol. The van der Waals surface area contributed by atoms with Crippen LogP contribution in [0.1, 0.15) is 16.7 Å². The van der Waals surface area contributed by atoms with Crippen LogP contribution in [-0.4, -0.2) is 7.28 Å². The topological polar surface area (TPSA) is 0 Å². The maximum Gasteiger partial charge on any atom is 0.148 e. The number of rotatable bonds is 4. The molecule has 2 aromatic rings. The predicted molar refractivity (Wildman–Crippen MR) is 86.9 cm³/mol. The van der Waals surface area contributed by atoms with Crippen molar-refractivity contribution in [1.29, 1.82) is 0 Å². The van der Waals surface area contributed by atoms with E-state index in [1.54, 1.807) is 0 Å². The molecule has 2 aromatic carbocycles. The van der Waals surface area contributed by atoms with Crippen molar-refractivity contribution in [3.63, 3.8) is 0 Å². The lowest BCUT2D eigenvalue weighted by molar-refractivity contribution is 1.46. The van der Waals surface area contributed by atoms with Crippen molar-refractivity contribution < 1.29 is 0 Å². The summed E-state index contributed by atoms with van der Waals surface area (Å²) in [6.45, 7) is 8.25. The minimum atomic E-state index is 1.03. The quantitative estimate of drug-likeness (QED) is 0.562. The minimum absolute atomic E-state index is 1.03. The zero-order chi connectivity index (χ0) is 13.7. The van der Waals surface area contributed by atoms with E-state index >= 15 is 0 Å². The van der Waals surface area contributed by atoms with Crippen LogP contribution in [-0.2, 0) is 0 Å². The molecule has 0 aliphatic heterocycles. The van der Waals surface area contributed by atoms with Gasteiger partial charge in [0.1, 0.15) is 7.28 Å². The van der Waals surface area contributed by atoms with E-state index in [-0.39, 0.29) is 0 Å². The van der Waals surface area contributed by atoms with Gasteiger partial charge in [0.2, 0.25) is 0 Å². The molecule has 0 atom stereocenters. The molecule has 0 nitrogen and oxygen atoms in total. The number of allylic oxidation sites excluding steroid dienone is 2. The van der Waals surface area contributed by atoms with Crippen LogP contribution in [0.4, 0.5) is 0 Å². The molecule has 0 aliphatic carbocycles. The molecular formula is C18H18B. The Morgan fingerprint density at radius 3 is 2.21 bits per heavy atom. The fraction of sp³-hybridized carbons (Fsp3) is 0.111. The molecule has 0 aliphatic rings. The second-order valence-electron chi connectivity index (χ2n) is 4.68. The van der Waals surface area contributed by atoms with Gasteiger partial charge in [-0.2, -0.15) is 0 Å². The van der Waals surface area contributed by atoms with Gasteiger partial charge < -0.3 is 0 Å². The molecule has 0 amide bonds. The number of aryl methyl sites for hydroxylation is 1. The third-order valence-electron chi connectivity index (χ3n) is 3.17. The van der Waals surface area contributed by atoms with E-state index in [0.29, 0.717) is 0 Å². The summed E-state index contributed by atoms with van der Waals surface area (Å²) in [6.07, 6.45) is 4.16. The van der Waals surface area contributed by atoms with Gasteiger partial charge in [0, 0.05) is 0 Å². The molecule has 0 N–H and O–H groups in total. The Balaban J connectivity index is 2.09. The van der Waals surface area contributed by atoms with Crippen molar-refractivity contribution in [2.45, 2.75) is 13.7 Å². The molecule has 93 valence electrons. The van der Waals surface area contributed by atoms with Crippen LogP contribution in [0, 0.1) is 6.92 Å². The van der Waals surface area contributed by atoms with Gasteiger partial charge in [-0.05, 0) is 23.6 Å². The highest BCUT2D eigenvalue weighted by Gasteiger charge is 1.96. The summed E-state index contributed by atoms with van der Waals surface area (Å²) >= 11 is 0. The first kappa shape index (κ1) is 13.4. The highest BCUT2D eigenvalue weighted by atomic mass is 14.0. The Kier molecular flexibility index (Phi) is 4.41. The molecule has 0 bridgehead atoms. The second kappa shape index (κ2) is 6.24. The second-order valence-corrected chi connectivity index (χ2v) is 4.68. The first-order valence-electron chi connectivity index (χ1n) is 6.52. The first-order valence-corrected chi connectivity index (χ1v) is 6.52. The van der Waals surface area contributed by atoms with Crippen LogP contribution in [0.2, 0.25) is 6.82 Å². The third kappa shape index (κ3) is 3.72. The van der Waals surface area contributed by atoms with Crippen LogP contribution in [0.25, 0.3) is 11.6 Å². The number of hydrogen-bond donors (Lipinski definition) is 0. The van der Waals surface area contributed by atoms with Gasteiger partial charge in [-0.1, -0.05) is 85.1 Å². The smallest absolute Gasteiger partial charge is 0.0912 e. The maximum absolute atomic E-state index is 4.12. The molecule has 0 aromatic heterocycles. The van der Waals surface area contributed by atoms with Gasteiger partial charge in [-0.25, -0.2) is 0 Å². The molecule has 0 spiro atoms. The van der Waals surface area contributed by atoms with E-state index in [2.05, 4.69) is 81.5 Å². The van der Waals surface area contributed by atoms with Gasteiger partial charge >= 0.3 is 0 Å². The molecule has 0 saturated carbocycles. The first-order chi connectivity index (χ1) is 9.19. The summed E-state index contributed by atoms with van der Waals surface area (Å²) in [5.74, 6) is 0. The standard InChI is InChI=1S/C18H18B/c1-14-4-7-16(8-5-14)9-6-15(2)17-10-12-18(19-3)13-11-17/h4-13H,2H2,1,3H3/b9-6+. The Bertz CT molecular complexity index is 574. The van der Waals surface area contributed by atoms with E-state index in [1.807, 2.05) is 6.82 Å². The van der Waals surface area contributed by atoms with Crippen molar-refractivity contribution in [3.05, 3.63) is 77.9 Å². The van der Waals surface area contributed by atoms with Crippen LogP contribution in [0.3, 0.4) is 0 Å². The van der Waals surface area contributed by atoms with E-state index in [9.17, 15) is 0 Å². The normalized spacial score (nSPS) is 10.6. The minimum Gasteiger partial charge on any atom is -0.0912 e. The Hall–Kier alpha value is -2.02. The van der Waals surface area contributed by atoms with Crippen LogP contribution in [0.15, 0.2) is 61.2 Å². The average molecular weight is 245 g/mol. The number of hydrogen-bond acceptors (Lipinski definition) is 0. The van der Waals surface area contributed by atoms with E-state index < -0.39 is 0 Å². The van der Waals surface area contributed by atoms with E-state index in [4.69, 9.17) is 0 Å². The van der Waals surface area contributed by atoms with Crippen LogP contribution < -0.4 is 5.46 Å². The summed E-state index contributed by atoms with van der Waals surface area (Å²) in [6, 6.07) is 16.9. The Labute approximate surface area is 116 Å². The van der Waals surface area contributed by atoms with Crippen molar-refractivity contribution in [2.24, 2.45) is 0 Å². The molecule has 0 saturated heterocycles. The van der Waals surface area contributed by atoms with Crippen LogP contribution in [0.5, 0.6) is 0 Å². The average Bonchev–Trinajstić information content (AvgIpc) is 2.46. The van der Waals surface area contributed by atoms with Crippen molar-refractivity contribution in [1.82, 2.24) is 0 Å². The van der Waals surface area contributed by atoms with Crippen LogP contribution >= 0.6 is 0 Å². The van der Waals surface area contributed by atoms with Gasteiger partial charge in [0.15, 0.2) is 0 Å². The van der Waals surface area contributed by atoms with Gasteiger partial charge in [-0.3, -0.25) is 0 Å². The molecule has 0 fully saturated rings. The predicted octanol–water partition coefficient (Wildman–Crippen LogP) is 4.10.